The Kier molecular flexibility index (Phi) is 10.0. The van der Waals surface area contributed by atoms with Gasteiger partial charge in [0.1, 0.15) is 11.9 Å². The number of alkyl halides is 3. The zero-order valence-electron chi connectivity index (χ0n) is 20.1. The van der Waals surface area contributed by atoms with Crippen LogP contribution >= 0.6 is 0 Å². The van der Waals surface area contributed by atoms with Gasteiger partial charge in [-0.25, -0.2) is 13.1 Å². The van der Waals surface area contributed by atoms with Crippen LogP contribution in [0.1, 0.15) is 48.2 Å². The maximum Gasteiger partial charge on any atom is 0.416 e. The molecule has 0 bridgehead atoms. The van der Waals surface area contributed by atoms with Crippen molar-refractivity contribution in [3.05, 3.63) is 59.2 Å². The number of nitrogens with one attached hydrogen (secondary N) is 3. The number of anilines is 2. The molecule has 14 heteroatoms. The first-order valence-corrected chi connectivity index (χ1v) is 12.8. The summed E-state index contributed by atoms with van der Waals surface area (Å²) in [6.45, 7) is 3.25. The van der Waals surface area contributed by atoms with Crippen molar-refractivity contribution in [2.75, 3.05) is 16.4 Å². The van der Waals surface area contributed by atoms with Crippen molar-refractivity contribution in [3.63, 3.8) is 0 Å². The van der Waals surface area contributed by atoms with E-state index in [-0.39, 0.29) is 34.9 Å². The fourth-order valence-electron chi connectivity index (χ4n) is 3.19. The molecule has 0 spiro atoms. The van der Waals surface area contributed by atoms with Gasteiger partial charge in [-0.1, -0.05) is 25.5 Å². The van der Waals surface area contributed by atoms with Crippen molar-refractivity contribution >= 4 is 39.1 Å². The zero-order valence-corrected chi connectivity index (χ0v) is 20.9. The van der Waals surface area contributed by atoms with Gasteiger partial charge >= 0.3 is 12.1 Å². The van der Waals surface area contributed by atoms with E-state index >= 15 is 0 Å². The predicted octanol–water partition coefficient (Wildman–Crippen LogP) is 3.38. The number of unbranched alkanes of at least 4 members (excludes halogenated alkanes) is 1. The number of amides is 1. The summed E-state index contributed by atoms with van der Waals surface area (Å²) < 4.78 is 66.3. The molecule has 1 amide bonds. The molecule has 37 heavy (non-hydrogen) atoms. The van der Waals surface area contributed by atoms with E-state index in [9.17, 15) is 36.3 Å². The number of benzene rings is 2. The van der Waals surface area contributed by atoms with E-state index in [0.717, 1.165) is 6.07 Å². The number of carbonyl (C=O) groups excluding carboxylic acids is 1. The summed E-state index contributed by atoms with van der Waals surface area (Å²) in [6.07, 6.45) is -3.84. The molecule has 0 aliphatic rings. The average molecular weight is 544 g/mol. The van der Waals surface area contributed by atoms with Crippen molar-refractivity contribution in [3.8, 4) is 0 Å². The molecular formula is C23H28F3N5O5S. The lowest BCUT2D eigenvalue weighted by atomic mass is 10.1. The molecule has 0 heterocycles. The van der Waals surface area contributed by atoms with Crippen molar-refractivity contribution in [1.82, 2.24) is 4.72 Å². The van der Waals surface area contributed by atoms with Gasteiger partial charge in [0, 0.05) is 16.9 Å². The Labute approximate surface area is 212 Å². The molecule has 2 rings (SSSR count). The second kappa shape index (κ2) is 12.5. The highest BCUT2D eigenvalue weighted by Crippen LogP contribution is 2.32. The topological polar surface area (TPSA) is 163 Å². The largest absolute Gasteiger partial charge is 0.480 e. The van der Waals surface area contributed by atoms with Gasteiger partial charge in [0.25, 0.3) is 5.91 Å². The quantitative estimate of drug-likeness (QED) is 0.126. The Hall–Kier alpha value is -3.65. The van der Waals surface area contributed by atoms with Gasteiger partial charge in [0.15, 0.2) is 0 Å². The number of sulfonamides is 1. The molecule has 0 saturated carbocycles. The van der Waals surface area contributed by atoms with Gasteiger partial charge in [-0.3, -0.25) is 9.59 Å². The third-order valence-electron chi connectivity index (χ3n) is 5.08. The van der Waals surface area contributed by atoms with Crippen LogP contribution < -0.4 is 21.2 Å². The highest BCUT2D eigenvalue weighted by atomic mass is 32.2. The molecule has 202 valence electrons. The normalized spacial score (nSPS) is 13.2. The number of rotatable bonds is 11. The summed E-state index contributed by atoms with van der Waals surface area (Å²) in [5, 5.41) is 17.8. The molecule has 10 nitrogen and oxygen atoms in total. The van der Waals surface area contributed by atoms with E-state index in [2.05, 4.69) is 20.5 Å². The first-order valence-electron chi connectivity index (χ1n) is 11.1. The summed E-state index contributed by atoms with van der Waals surface area (Å²) in [5.41, 5.74) is -0.674. The molecule has 2 aromatic carbocycles. The molecular weight excluding hydrogens is 515 g/mol. The highest BCUT2D eigenvalue weighted by molar-refractivity contribution is 7.89. The fourth-order valence-corrected chi connectivity index (χ4v) is 4.59. The van der Waals surface area contributed by atoms with E-state index in [1.54, 1.807) is 0 Å². The van der Waals surface area contributed by atoms with Crippen LogP contribution in [0.3, 0.4) is 0 Å². The third-order valence-corrected chi connectivity index (χ3v) is 6.55. The third kappa shape index (κ3) is 9.38. The molecule has 0 saturated heterocycles. The van der Waals surface area contributed by atoms with Crippen molar-refractivity contribution in [2.24, 2.45) is 10.9 Å². The molecule has 0 fully saturated rings. The van der Waals surface area contributed by atoms with E-state index in [0.29, 0.717) is 24.5 Å². The first-order chi connectivity index (χ1) is 17.2. The lowest BCUT2D eigenvalue weighted by Crippen LogP contribution is -2.43. The van der Waals surface area contributed by atoms with Gasteiger partial charge in [0.05, 0.1) is 11.3 Å². The molecule has 6 N–H and O–H groups in total. The van der Waals surface area contributed by atoms with Crippen LogP contribution in [0, 0.1) is 0 Å². The standard InChI is InChI=1S/C23H28F3N5O5S/c1-3-4-9-37(35,36)31-20(22(33)34)10-15-5-7-18(8-6-15)29-21(32)16-11-17(23(24,25)26)13-19(12-16)28-14(2)30-27/h5-8,11-13,20,31H,3-4,9-10,27H2,1-2H3,(H,28,30)(H,29,32)(H,33,34). The van der Waals surface area contributed by atoms with Gasteiger partial charge in [-0.2, -0.15) is 18.3 Å². The van der Waals surface area contributed by atoms with Crippen LogP contribution in [0.25, 0.3) is 0 Å². The average Bonchev–Trinajstić information content (AvgIpc) is 2.82. The Morgan fingerprint density at radius 2 is 1.73 bits per heavy atom. The van der Waals surface area contributed by atoms with Crippen LogP contribution in [0.5, 0.6) is 0 Å². The van der Waals surface area contributed by atoms with Gasteiger partial charge in [0.2, 0.25) is 10.0 Å². The molecule has 0 aliphatic carbocycles. The van der Waals surface area contributed by atoms with Crippen molar-refractivity contribution < 1.29 is 36.3 Å². The van der Waals surface area contributed by atoms with Crippen LogP contribution in [0.2, 0.25) is 0 Å². The van der Waals surface area contributed by atoms with Gasteiger partial charge < -0.3 is 21.6 Å². The first kappa shape index (κ1) is 29.6. The number of hydrogen-bond donors (Lipinski definition) is 5. The number of aliphatic carboxylic acids is 1. The summed E-state index contributed by atoms with van der Waals surface area (Å²) in [6, 6.07) is 7.14. The predicted molar refractivity (Wildman–Crippen MR) is 134 cm³/mol. The van der Waals surface area contributed by atoms with Crippen LogP contribution in [-0.4, -0.2) is 43.0 Å². The monoisotopic (exact) mass is 543 g/mol. The minimum Gasteiger partial charge on any atom is -0.480 e. The molecule has 2 aromatic rings. The van der Waals surface area contributed by atoms with E-state index < -0.39 is 39.7 Å². The number of amidine groups is 1. The van der Waals surface area contributed by atoms with E-state index in [1.165, 1.54) is 37.3 Å². The number of nitrogens with two attached hydrogens (primary N) is 1. The molecule has 1 atom stereocenters. The smallest absolute Gasteiger partial charge is 0.416 e. The minimum absolute atomic E-state index is 0.0388. The Morgan fingerprint density at radius 1 is 1.08 bits per heavy atom. The second-order valence-electron chi connectivity index (χ2n) is 8.17. The van der Waals surface area contributed by atoms with Gasteiger partial charge in [-0.15, -0.1) is 0 Å². The highest BCUT2D eigenvalue weighted by Gasteiger charge is 2.32. The van der Waals surface area contributed by atoms with Crippen molar-refractivity contribution in [1.29, 1.82) is 0 Å². The number of hydrazone groups is 1. The summed E-state index contributed by atoms with van der Waals surface area (Å²) in [4.78, 5) is 24.2. The number of carboxylic acid groups (broad SMARTS) is 1. The van der Waals surface area contributed by atoms with Crippen molar-refractivity contribution in [2.45, 2.75) is 45.3 Å². The van der Waals surface area contributed by atoms with E-state index in [4.69, 9.17) is 5.84 Å². The number of halogens is 3. The van der Waals surface area contributed by atoms with E-state index in [1.807, 2.05) is 6.92 Å². The molecule has 0 aromatic heterocycles. The maximum absolute atomic E-state index is 13.3. The maximum atomic E-state index is 13.3. The number of hydrogen-bond acceptors (Lipinski definition) is 6. The van der Waals surface area contributed by atoms with Gasteiger partial charge in [-0.05, 0) is 55.7 Å². The van der Waals surface area contributed by atoms with Crippen LogP contribution in [-0.2, 0) is 27.4 Å². The number of carboxylic acids is 1. The second-order valence-corrected chi connectivity index (χ2v) is 10.0. The van der Waals surface area contributed by atoms with Crippen LogP contribution in [0.15, 0.2) is 47.6 Å². The Balaban J connectivity index is 2.18. The summed E-state index contributed by atoms with van der Waals surface area (Å²) in [5.74, 6) is 2.88. The Bertz CT molecular complexity index is 1250. The molecule has 0 radical (unpaired) electrons. The molecule has 0 aliphatic heterocycles. The summed E-state index contributed by atoms with van der Waals surface area (Å²) in [7, 11) is -3.78. The minimum atomic E-state index is -4.71. The lowest BCUT2D eigenvalue weighted by Gasteiger charge is -2.15. The number of nitrogens with zero attached hydrogens (tertiary/aromatic N) is 1. The fraction of sp³-hybridized carbons (Fsp3) is 0.348. The SMILES string of the molecule is CCCCS(=O)(=O)NC(Cc1ccc(NC(=O)c2cc(NC(C)=NN)cc(C(F)(F)F)c2)cc1)C(=O)O. The summed E-state index contributed by atoms with van der Waals surface area (Å²) >= 11 is 0. The Morgan fingerprint density at radius 3 is 2.27 bits per heavy atom. The molecule has 1 unspecified atom stereocenters. The van der Waals surface area contributed by atoms with Crippen LogP contribution in [0.4, 0.5) is 24.5 Å². The number of carbonyl (C=O) groups is 2. The lowest BCUT2D eigenvalue weighted by molar-refractivity contribution is -0.139. The zero-order chi connectivity index (χ0) is 27.8.